The number of carbonyl (C=O) groups is 1. The van der Waals surface area contributed by atoms with E-state index in [4.69, 9.17) is 0 Å². The molecule has 0 aliphatic heterocycles. The summed E-state index contributed by atoms with van der Waals surface area (Å²) in [4.78, 5) is 13.5. The van der Waals surface area contributed by atoms with E-state index in [-0.39, 0.29) is 23.9 Å². The molecule has 1 aromatic rings. The van der Waals surface area contributed by atoms with Gasteiger partial charge in [-0.25, -0.2) is 13.6 Å². The Balaban J connectivity index is 1.84. The van der Waals surface area contributed by atoms with Crippen molar-refractivity contribution in [2.75, 3.05) is 18.9 Å². The monoisotopic (exact) mass is 302 g/mol. The Morgan fingerprint density at radius 2 is 2.38 bits per heavy atom. The summed E-state index contributed by atoms with van der Waals surface area (Å²) in [5.74, 6) is 0.330. The van der Waals surface area contributed by atoms with Crippen LogP contribution in [0.25, 0.3) is 0 Å². The van der Waals surface area contributed by atoms with Crippen LogP contribution in [0.5, 0.6) is 0 Å². The summed E-state index contributed by atoms with van der Waals surface area (Å²) >= 11 is 0. The fourth-order valence-corrected chi connectivity index (χ4v) is 2.54. The third-order valence-corrected chi connectivity index (χ3v) is 3.67. The topological polar surface area (TPSA) is 70.4 Å². The van der Waals surface area contributed by atoms with Crippen molar-refractivity contribution in [3.63, 3.8) is 0 Å². The lowest BCUT2D eigenvalue weighted by molar-refractivity contribution is 0.116. The summed E-state index contributed by atoms with van der Waals surface area (Å²) in [7, 11) is 1.64. The molecule has 0 spiro atoms. The molecule has 1 heterocycles. The van der Waals surface area contributed by atoms with Crippen LogP contribution in [0.15, 0.2) is 12.3 Å². The maximum Gasteiger partial charge on any atom is 0.322 e. The molecule has 2 N–H and O–H groups in total. The lowest BCUT2D eigenvalue weighted by Gasteiger charge is -2.23. The van der Waals surface area contributed by atoms with Crippen LogP contribution >= 0.6 is 0 Å². The highest BCUT2D eigenvalue weighted by molar-refractivity contribution is 5.88. The van der Waals surface area contributed by atoms with Crippen molar-refractivity contribution in [2.24, 2.45) is 5.92 Å². The van der Waals surface area contributed by atoms with Gasteiger partial charge in [0.2, 0.25) is 0 Å². The van der Waals surface area contributed by atoms with Gasteiger partial charge in [-0.2, -0.15) is 5.10 Å². The first-order chi connectivity index (χ1) is 9.95. The fourth-order valence-electron chi connectivity index (χ4n) is 2.54. The van der Waals surface area contributed by atoms with Crippen LogP contribution in [0, 0.1) is 5.92 Å². The molecule has 1 aliphatic carbocycles. The third-order valence-electron chi connectivity index (χ3n) is 3.67. The van der Waals surface area contributed by atoms with Gasteiger partial charge >= 0.3 is 6.03 Å². The van der Waals surface area contributed by atoms with E-state index in [1.807, 2.05) is 0 Å². The van der Waals surface area contributed by atoms with Gasteiger partial charge in [0.15, 0.2) is 5.82 Å². The van der Waals surface area contributed by atoms with Gasteiger partial charge in [0.25, 0.3) is 6.43 Å². The van der Waals surface area contributed by atoms with Crippen LogP contribution in [0.3, 0.4) is 0 Å². The molecule has 1 fully saturated rings. The van der Waals surface area contributed by atoms with Crippen LogP contribution in [-0.2, 0) is 6.54 Å². The minimum absolute atomic E-state index is 0.0946. The molecule has 1 saturated carbocycles. The Hall–Kier alpha value is -1.70. The maximum atomic E-state index is 12.2. The molecule has 2 unspecified atom stereocenters. The maximum absolute atomic E-state index is 12.2. The lowest BCUT2D eigenvalue weighted by Crippen LogP contribution is -2.37. The zero-order valence-corrected chi connectivity index (χ0v) is 11.9. The van der Waals surface area contributed by atoms with Gasteiger partial charge in [0, 0.05) is 31.8 Å². The standard InChI is InChI=1S/C13H20F2N4O2/c1-18(7-9-3-2-4-10(9)20)13(21)16-12-5-6-19(17-12)8-11(14)15/h5-6,9-11,20H,2-4,7-8H2,1H3,(H,16,17,21). The first-order valence-electron chi connectivity index (χ1n) is 6.97. The molecule has 1 aliphatic rings. The van der Waals surface area contributed by atoms with E-state index < -0.39 is 13.0 Å². The molecule has 2 amide bonds. The number of carbonyl (C=O) groups excluding carboxylic acids is 1. The number of hydrogen-bond acceptors (Lipinski definition) is 3. The van der Waals surface area contributed by atoms with Crippen molar-refractivity contribution in [1.29, 1.82) is 0 Å². The Kier molecular flexibility index (Phi) is 5.11. The molecule has 21 heavy (non-hydrogen) atoms. The summed E-state index contributed by atoms with van der Waals surface area (Å²) in [5.41, 5.74) is 0. The molecule has 6 nitrogen and oxygen atoms in total. The van der Waals surface area contributed by atoms with Gasteiger partial charge in [-0.1, -0.05) is 6.42 Å². The average molecular weight is 302 g/mol. The van der Waals surface area contributed by atoms with Crippen LogP contribution in [-0.4, -0.2) is 51.9 Å². The number of aromatic nitrogens is 2. The Labute approximate surface area is 121 Å². The van der Waals surface area contributed by atoms with Crippen molar-refractivity contribution >= 4 is 11.8 Å². The van der Waals surface area contributed by atoms with Gasteiger partial charge < -0.3 is 10.0 Å². The molecule has 1 aromatic heterocycles. The summed E-state index contributed by atoms with van der Waals surface area (Å²) in [5, 5.41) is 16.2. The number of alkyl halides is 2. The minimum Gasteiger partial charge on any atom is -0.393 e. The highest BCUT2D eigenvalue weighted by atomic mass is 19.3. The largest absolute Gasteiger partial charge is 0.393 e. The number of anilines is 1. The van der Waals surface area contributed by atoms with E-state index in [0.29, 0.717) is 6.54 Å². The highest BCUT2D eigenvalue weighted by Gasteiger charge is 2.27. The third kappa shape index (κ3) is 4.38. The highest BCUT2D eigenvalue weighted by Crippen LogP contribution is 2.26. The van der Waals surface area contributed by atoms with Gasteiger partial charge in [0.05, 0.1) is 6.10 Å². The normalized spacial score (nSPS) is 21.8. The minimum atomic E-state index is -2.49. The SMILES string of the molecule is CN(CC1CCCC1O)C(=O)Nc1ccn(CC(F)F)n1. The van der Waals surface area contributed by atoms with Crippen LogP contribution in [0.2, 0.25) is 0 Å². The predicted molar refractivity (Wildman–Crippen MR) is 73.2 cm³/mol. The van der Waals surface area contributed by atoms with Crippen molar-refractivity contribution < 1.29 is 18.7 Å². The zero-order valence-electron chi connectivity index (χ0n) is 11.9. The van der Waals surface area contributed by atoms with Crippen LogP contribution in [0.1, 0.15) is 19.3 Å². The summed E-state index contributed by atoms with van der Waals surface area (Å²) in [6.07, 6.45) is 1.20. The number of aliphatic hydroxyl groups excluding tert-OH is 1. The number of aliphatic hydroxyl groups is 1. The van der Waals surface area contributed by atoms with Gasteiger partial charge in [-0.3, -0.25) is 10.00 Å². The van der Waals surface area contributed by atoms with Crippen molar-refractivity contribution in [3.8, 4) is 0 Å². The van der Waals surface area contributed by atoms with E-state index in [2.05, 4.69) is 10.4 Å². The van der Waals surface area contributed by atoms with Gasteiger partial charge in [-0.05, 0) is 12.8 Å². The summed E-state index contributed by atoms with van der Waals surface area (Å²) in [6, 6.07) is 1.11. The van der Waals surface area contributed by atoms with Gasteiger partial charge in [-0.15, -0.1) is 0 Å². The molecule has 2 atom stereocenters. The number of nitrogens with zero attached hydrogens (tertiary/aromatic N) is 3. The molecular formula is C13H20F2N4O2. The fraction of sp³-hybridized carbons (Fsp3) is 0.692. The molecule has 0 radical (unpaired) electrons. The number of rotatable bonds is 5. The van der Waals surface area contributed by atoms with Crippen molar-refractivity contribution in [2.45, 2.75) is 38.3 Å². The quantitative estimate of drug-likeness (QED) is 0.871. The second-order valence-electron chi connectivity index (χ2n) is 5.38. The Bertz CT molecular complexity index is 480. The first-order valence-corrected chi connectivity index (χ1v) is 6.97. The number of amides is 2. The lowest BCUT2D eigenvalue weighted by atomic mass is 10.1. The van der Waals surface area contributed by atoms with E-state index >= 15 is 0 Å². The molecule has 2 rings (SSSR count). The molecule has 118 valence electrons. The van der Waals surface area contributed by atoms with Crippen molar-refractivity contribution in [3.05, 3.63) is 12.3 Å². The van der Waals surface area contributed by atoms with E-state index in [9.17, 15) is 18.7 Å². The van der Waals surface area contributed by atoms with E-state index in [1.165, 1.54) is 17.2 Å². The molecular weight excluding hydrogens is 282 g/mol. The van der Waals surface area contributed by atoms with Crippen LogP contribution < -0.4 is 5.32 Å². The first kappa shape index (κ1) is 15.7. The number of halogens is 2. The predicted octanol–water partition coefficient (Wildman–Crippen LogP) is 1.77. The van der Waals surface area contributed by atoms with Crippen LogP contribution in [0.4, 0.5) is 19.4 Å². The molecule has 0 bridgehead atoms. The second-order valence-corrected chi connectivity index (χ2v) is 5.38. The number of urea groups is 1. The second kappa shape index (κ2) is 6.84. The smallest absolute Gasteiger partial charge is 0.322 e. The van der Waals surface area contributed by atoms with E-state index in [1.54, 1.807) is 7.05 Å². The van der Waals surface area contributed by atoms with Crippen molar-refractivity contribution in [1.82, 2.24) is 14.7 Å². The molecule has 0 aromatic carbocycles. The summed E-state index contributed by atoms with van der Waals surface area (Å²) in [6.45, 7) is -0.0370. The van der Waals surface area contributed by atoms with E-state index in [0.717, 1.165) is 23.9 Å². The Morgan fingerprint density at radius 3 is 3.00 bits per heavy atom. The zero-order chi connectivity index (χ0) is 15.4. The molecule has 0 saturated heterocycles. The van der Waals surface area contributed by atoms with Gasteiger partial charge in [0.1, 0.15) is 6.54 Å². The Morgan fingerprint density at radius 1 is 1.62 bits per heavy atom. The molecule has 8 heteroatoms. The average Bonchev–Trinajstić information content (AvgIpc) is 2.99. The number of hydrogen-bond donors (Lipinski definition) is 2. The number of nitrogens with one attached hydrogen (secondary N) is 1. The summed E-state index contributed by atoms with van der Waals surface area (Å²) < 4.78 is 25.5.